The fourth-order valence-corrected chi connectivity index (χ4v) is 1.33. The van der Waals surface area contributed by atoms with E-state index in [9.17, 15) is 9.59 Å². The van der Waals surface area contributed by atoms with E-state index in [2.05, 4.69) is 10.2 Å². The first-order valence-corrected chi connectivity index (χ1v) is 5.96. The van der Waals surface area contributed by atoms with Crippen molar-refractivity contribution in [3.8, 4) is 12.1 Å². The van der Waals surface area contributed by atoms with Crippen molar-refractivity contribution in [2.45, 2.75) is 38.8 Å². The van der Waals surface area contributed by atoms with Gasteiger partial charge in [-0.25, -0.2) is 9.59 Å². The van der Waals surface area contributed by atoms with Gasteiger partial charge >= 0.3 is 11.9 Å². The molecule has 0 aliphatic carbocycles. The maximum absolute atomic E-state index is 10.9. The summed E-state index contributed by atoms with van der Waals surface area (Å²) in [6.07, 6.45) is -0.0923. The Hall–Kier alpha value is -2.48. The molecular weight excluding hydrogens is 264 g/mol. The molecule has 8 nitrogen and oxygen atoms in total. The van der Waals surface area contributed by atoms with E-state index in [-0.39, 0.29) is 12.8 Å². The van der Waals surface area contributed by atoms with Crippen molar-refractivity contribution >= 4 is 11.9 Å². The maximum atomic E-state index is 10.9. The van der Waals surface area contributed by atoms with Crippen molar-refractivity contribution < 1.29 is 19.8 Å². The van der Waals surface area contributed by atoms with Gasteiger partial charge in [0.05, 0.1) is 12.1 Å². The van der Waals surface area contributed by atoms with E-state index in [0.717, 1.165) is 0 Å². The molecule has 2 N–H and O–H groups in total. The van der Waals surface area contributed by atoms with Crippen molar-refractivity contribution in [3.05, 3.63) is 0 Å². The maximum Gasteiger partial charge on any atom is 0.330 e. The standard InChI is InChI=1S/C12H16N4O4/c1-7(5-13)3-9(11(17)18)15-16-10(12(19)20)4-8(2)6-14/h7-10H,3-4H2,1-2H3,(H,17,18)(H,19,20)/b16-15+. The van der Waals surface area contributed by atoms with Crippen LogP contribution in [0.3, 0.4) is 0 Å². The van der Waals surface area contributed by atoms with Crippen LogP contribution >= 0.6 is 0 Å². The Balaban J connectivity index is 4.88. The molecule has 4 atom stereocenters. The number of carboxylic acid groups (broad SMARTS) is 2. The van der Waals surface area contributed by atoms with Crippen LogP contribution in [0.15, 0.2) is 10.2 Å². The molecule has 108 valence electrons. The van der Waals surface area contributed by atoms with Gasteiger partial charge in [-0.1, -0.05) is 0 Å². The van der Waals surface area contributed by atoms with Crippen molar-refractivity contribution in [1.82, 2.24) is 0 Å². The summed E-state index contributed by atoms with van der Waals surface area (Å²) in [5.41, 5.74) is 0. The Labute approximate surface area is 116 Å². The molecule has 0 aliphatic heterocycles. The molecule has 0 heterocycles. The highest BCUT2D eigenvalue weighted by atomic mass is 16.4. The minimum Gasteiger partial charge on any atom is -0.480 e. The topological polar surface area (TPSA) is 147 Å². The number of carbonyl (C=O) groups is 2. The summed E-state index contributed by atoms with van der Waals surface area (Å²) in [4.78, 5) is 21.9. The summed E-state index contributed by atoms with van der Waals surface area (Å²) >= 11 is 0. The van der Waals surface area contributed by atoms with Crippen LogP contribution in [-0.2, 0) is 9.59 Å². The van der Waals surface area contributed by atoms with Crippen molar-refractivity contribution in [1.29, 1.82) is 10.5 Å². The quantitative estimate of drug-likeness (QED) is 0.643. The molecule has 0 aromatic heterocycles. The van der Waals surface area contributed by atoms with E-state index in [1.165, 1.54) is 13.8 Å². The van der Waals surface area contributed by atoms with Gasteiger partial charge in [-0.2, -0.15) is 20.8 Å². The van der Waals surface area contributed by atoms with Crippen LogP contribution in [0.4, 0.5) is 0 Å². The van der Waals surface area contributed by atoms with Gasteiger partial charge in [0.25, 0.3) is 0 Å². The number of aliphatic carboxylic acids is 2. The lowest BCUT2D eigenvalue weighted by Crippen LogP contribution is -2.23. The molecule has 0 fully saturated rings. The van der Waals surface area contributed by atoms with Gasteiger partial charge in [0, 0.05) is 11.8 Å². The van der Waals surface area contributed by atoms with Gasteiger partial charge in [0.2, 0.25) is 0 Å². The number of nitrogens with zero attached hydrogens (tertiary/aromatic N) is 4. The minimum atomic E-state index is -1.27. The molecule has 0 saturated carbocycles. The zero-order chi connectivity index (χ0) is 15.7. The Morgan fingerprint density at radius 1 is 0.950 bits per heavy atom. The third-order valence-electron chi connectivity index (χ3n) is 2.51. The molecule has 0 aliphatic rings. The first-order chi connectivity index (χ1) is 9.31. The lowest BCUT2D eigenvalue weighted by Gasteiger charge is -2.10. The molecule has 4 unspecified atom stereocenters. The van der Waals surface area contributed by atoms with Crippen LogP contribution in [0.1, 0.15) is 26.7 Å². The van der Waals surface area contributed by atoms with Crippen molar-refractivity contribution in [2.75, 3.05) is 0 Å². The highest BCUT2D eigenvalue weighted by Gasteiger charge is 2.23. The lowest BCUT2D eigenvalue weighted by atomic mass is 10.0. The first-order valence-electron chi connectivity index (χ1n) is 5.96. The van der Waals surface area contributed by atoms with Gasteiger partial charge in [-0.15, -0.1) is 0 Å². The summed E-state index contributed by atoms with van der Waals surface area (Å²) in [5.74, 6) is -3.60. The Kier molecular flexibility index (Phi) is 7.53. The number of nitriles is 2. The lowest BCUT2D eigenvalue weighted by molar-refractivity contribution is -0.140. The Morgan fingerprint density at radius 2 is 1.25 bits per heavy atom. The molecule has 20 heavy (non-hydrogen) atoms. The molecule has 0 radical (unpaired) electrons. The van der Waals surface area contributed by atoms with Gasteiger partial charge in [-0.05, 0) is 26.7 Å². The Bertz CT molecular complexity index is 421. The fraction of sp³-hybridized carbons (Fsp3) is 0.667. The average molecular weight is 280 g/mol. The van der Waals surface area contributed by atoms with Gasteiger partial charge in [0.15, 0.2) is 12.1 Å². The summed E-state index contributed by atoms with van der Waals surface area (Å²) in [6.45, 7) is 3.08. The molecule has 0 rings (SSSR count). The first kappa shape index (κ1) is 17.5. The largest absolute Gasteiger partial charge is 0.480 e. The molecule has 0 spiro atoms. The third-order valence-corrected chi connectivity index (χ3v) is 2.51. The SMILES string of the molecule is CC(C#N)CC(/N=N/C(CC(C)C#N)C(=O)O)C(=O)O. The summed E-state index contributed by atoms with van der Waals surface area (Å²) in [5, 5.41) is 42.2. The zero-order valence-electron chi connectivity index (χ0n) is 11.2. The predicted octanol–water partition coefficient (Wildman–Crippen LogP) is 1.44. The van der Waals surface area contributed by atoms with Crippen LogP contribution < -0.4 is 0 Å². The van der Waals surface area contributed by atoms with E-state index in [0.29, 0.717) is 0 Å². The molecule has 0 aromatic carbocycles. The number of azo groups is 1. The van der Waals surface area contributed by atoms with Crippen LogP contribution in [0, 0.1) is 34.5 Å². The van der Waals surface area contributed by atoms with E-state index >= 15 is 0 Å². The number of rotatable bonds is 8. The predicted molar refractivity (Wildman–Crippen MR) is 66.5 cm³/mol. The highest BCUT2D eigenvalue weighted by Crippen LogP contribution is 2.13. The third kappa shape index (κ3) is 6.45. The molecular formula is C12H16N4O4. The van der Waals surface area contributed by atoms with E-state index in [1.54, 1.807) is 0 Å². The van der Waals surface area contributed by atoms with E-state index in [4.69, 9.17) is 20.7 Å². The second kappa shape index (κ2) is 8.59. The molecule has 8 heteroatoms. The summed E-state index contributed by atoms with van der Waals surface area (Å²) in [6, 6.07) is 1.23. The summed E-state index contributed by atoms with van der Waals surface area (Å²) in [7, 11) is 0. The molecule has 0 aromatic rings. The Morgan fingerprint density at radius 3 is 1.45 bits per heavy atom. The monoisotopic (exact) mass is 280 g/mol. The van der Waals surface area contributed by atoms with E-state index < -0.39 is 35.9 Å². The fourth-order valence-electron chi connectivity index (χ4n) is 1.33. The average Bonchev–Trinajstić information content (AvgIpc) is 2.40. The van der Waals surface area contributed by atoms with Gasteiger partial charge in [-0.3, -0.25) is 0 Å². The van der Waals surface area contributed by atoms with E-state index in [1.807, 2.05) is 12.1 Å². The highest BCUT2D eigenvalue weighted by molar-refractivity contribution is 5.74. The number of hydrogen-bond acceptors (Lipinski definition) is 6. The molecule has 0 amide bonds. The zero-order valence-corrected chi connectivity index (χ0v) is 11.2. The van der Waals surface area contributed by atoms with Crippen LogP contribution in [0.2, 0.25) is 0 Å². The smallest absolute Gasteiger partial charge is 0.330 e. The summed E-state index contributed by atoms with van der Waals surface area (Å²) < 4.78 is 0. The second-order valence-corrected chi connectivity index (χ2v) is 4.47. The number of hydrogen-bond donors (Lipinski definition) is 2. The van der Waals surface area contributed by atoms with Gasteiger partial charge < -0.3 is 10.2 Å². The van der Waals surface area contributed by atoms with Crippen molar-refractivity contribution in [3.63, 3.8) is 0 Å². The molecule has 0 bridgehead atoms. The van der Waals surface area contributed by atoms with Crippen LogP contribution in [-0.4, -0.2) is 34.2 Å². The number of carboxylic acids is 2. The van der Waals surface area contributed by atoms with Crippen molar-refractivity contribution in [2.24, 2.45) is 22.1 Å². The normalized spacial score (nSPS) is 16.6. The second-order valence-electron chi connectivity index (χ2n) is 4.47. The molecule has 0 saturated heterocycles. The van der Waals surface area contributed by atoms with Crippen LogP contribution in [0.5, 0.6) is 0 Å². The van der Waals surface area contributed by atoms with Crippen LogP contribution in [0.25, 0.3) is 0 Å². The van der Waals surface area contributed by atoms with Gasteiger partial charge in [0.1, 0.15) is 0 Å². The minimum absolute atomic E-state index is 0.0462.